The van der Waals surface area contributed by atoms with Crippen molar-refractivity contribution in [1.29, 1.82) is 0 Å². The van der Waals surface area contributed by atoms with E-state index < -0.39 is 0 Å². The Kier molecular flexibility index (Phi) is 2.33. The summed E-state index contributed by atoms with van der Waals surface area (Å²) in [6, 6.07) is 10.2. The van der Waals surface area contributed by atoms with Gasteiger partial charge in [0.25, 0.3) is 0 Å². The Morgan fingerprint density at radius 2 is 1.93 bits per heavy atom. The van der Waals surface area contributed by atoms with E-state index in [9.17, 15) is 0 Å². The topological polar surface area (TPSA) is 54.7 Å². The van der Waals surface area contributed by atoms with Crippen molar-refractivity contribution in [1.82, 2.24) is 10.2 Å². The van der Waals surface area contributed by atoms with Gasteiger partial charge in [-0.3, -0.25) is 5.10 Å². The van der Waals surface area contributed by atoms with E-state index in [2.05, 4.69) is 10.2 Å². The molecule has 0 radical (unpaired) electrons. The third-order valence-electron chi connectivity index (χ3n) is 2.25. The van der Waals surface area contributed by atoms with Gasteiger partial charge < -0.3 is 5.73 Å². The minimum Gasteiger partial charge on any atom is -0.324 e. The number of hydrogen-bond acceptors (Lipinski definition) is 2. The molecule has 0 saturated carbocycles. The molecule has 0 fully saturated rings. The highest BCUT2D eigenvalue weighted by molar-refractivity contribution is 5.58. The second-order valence-corrected chi connectivity index (χ2v) is 3.38. The van der Waals surface area contributed by atoms with E-state index in [1.807, 2.05) is 37.3 Å². The van der Waals surface area contributed by atoms with E-state index in [1.54, 1.807) is 6.20 Å². The second kappa shape index (κ2) is 3.64. The lowest BCUT2D eigenvalue weighted by Crippen LogP contribution is -2.04. The Morgan fingerprint density at radius 1 is 1.21 bits per heavy atom. The van der Waals surface area contributed by atoms with Crippen molar-refractivity contribution < 1.29 is 0 Å². The summed E-state index contributed by atoms with van der Waals surface area (Å²) >= 11 is 0. The Balaban J connectivity index is 2.31. The molecule has 0 amide bonds. The molecule has 72 valence electrons. The Morgan fingerprint density at radius 3 is 2.43 bits per heavy atom. The molecule has 1 heterocycles. The molecule has 1 unspecified atom stereocenters. The van der Waals surface area contributed by atoms with Gasteiger partial charge >= 0.3 is 0 Å². The molecule has 3 N–H and O–H groups in total. The van der Waals surface area contributed by atoms with Crippen LogP contribution < -0.4 is 5.73 Å². The first kappa shape index (κ1) is 8.97. The third kappa shape index (κ3) is 1.67. The number of hydrogen-bond donors (Lipinski definition) is 2. The monoisotopic (exact) mass is 187 g/mol. The van der Waals surface area contributed by atoms with Crippen molar-refractivity contribution >= 4 is 0 Å². The van der Waals surface area contributed by atoms with Crippen LogP contribution in [-0.4, -0.2) is 10.2 Å². The number of rotatable bonds is 2. The van der Waals surface area contributed by atoms with Gasteiger partial charge in [0.15, 0.2) is 0 Å². The lowest BCUT2D eigenvalue weighted by atomic mass is 10.1. The van der Waals surface area contributed by atoms with Crippen LogP contribution in [0.4, 0.5) is 0 Å². The minimum absolute atomic E-state index is 0.0887. The molecule has 1 atom stereocenters. The highest BCUT2D eigenvalue weighted by Gasteiger charge is 2.01. The third-order valence-corrected chi connectivity index (χ3v) is 2.25. The molecule has 3 heteroatoms. The number of nitrogens with two attached hydrogens (primary N) is 1. The molecular formula is C11H13N3. The van der Waals surface area contributed by atoms with Gasteiger partial charge in [-0.1, -0.05) is 24.3 Å². The number of aromatic amines is 1. The Bertz CT molecular complexity index is 387. The van der Waals surface area contributed by atoms with Gasteiger partial charge in [-0.2, -0.15) is 5.10 Å². The smallest absolute Gasteiger partial charge is 0.0650 e. The van der Waals surface area contributed by atoms with Crippen LogP contribution in [0.5, 0.6) is 0 Å². The maximum Gasteiger partial charge on any atom is 0.0650 e. The zero-order valence-corrected chi connectivity index (χ0v) is 8.07. The van der Waals surface area contributed by atoms with Crippen LogP contribution in [0, 0.1) is 0 Å². The molecular weight excluding hydrogens is 174 g/mol. The molecule has 0 aliphatic rings. The summed E-state index contributed by atoms with van der Waals surface area (Å²) in [5, 5.41) is 6.83. The van der Waals surface area contributed by atoms with E-state index >= 15 is 0 Å². The van der Waals surface area contributed by atoms with Crippen LogP contribution >= 0.6 is 0 Å². The minimum atomic E-state index is 0.0887. The van der Waals surface area contributed by atoms with Crippen LogP contribution in [-0.2, 0) is 0 Å². The molecule has 1 aromatic heterocycles. The normalized spacial score (nSPS) is 12.7. The molecule has 0 aliphatic heterocycles. The molecule has 1 aromatic carbocycles. The first-order valence-electron chi connectivity index (χ1n) is 4.62. The van der Waals surface area contributed by atoms with E-state index in [0.29, 0.717) is 0 Å². The summed E-state index contributed by atoms with van der Waals surface area (Å²) in [4.78, 5) is 0. The first-order chi connectivity index (χ1) is 6.77. The van der Waals surface area contributed by atoms with Gasteiger partial charge in [0, 0.05) is 12.2 Å². The van der Waals surface area contributed by atoms with Crippen molar-refractivity contribution in [3.63, 3.8) is 0 Å². The van der Waals surface area contributed by atoms with Gasteiger partial charge in [-0.05, 0) is 24.1 Å². The average molecular weight is 187 g/mol. The van der Waals surface area contributed by atoms with Crippen LogP contribution in [0.25, 0.3) is 11.3 Å². The predicted octanol–water partition coefficient (Wildman–Crippen LogP) is 2.10. The lowest BCUT2D eigenvalue weighted by molar-refractivity contribution is 0.818. The lowest BCUT2D eigenvalue weighted by Gasteiger charge is -2.05. The maximum atomic E-state index is 5.76. The highest BCUT2D eigenvalue weighted by Crippen LogP contribution is 2.18. The van der Waals surface area contributed by atoms with Gasteiger partial charge in [0.1, 0.15) is 0 Å². The summed E-state index contributed by atoms with van der Waals surface area (Å²) in [7, 11) is 0. The zero-order valence-electron chi connectivity index (χ0n) is 8.07. The molecule has 14 heavy (non-hydrogen) atoms. The fourth-order valence-electron chi connectivity index (χ4n) is 1.38. The van der Waals surface area contributed by atoms with Gasteiger partial charge in [-0.15, -0.1) is 0 Å². The summed E-state index contributed by atoms with van der Waals surface area (Å²) in [5.74, 6) is 0. The highest BCUT2D eigenvalue weighted by atomic mass is 15.1. The van der Waals surface area contributed by atoms with Gasteiger partial charge in [0.05, 0.1) is 5.69 Å². The number of nitrogens with one attached hydrogen (secondary N) is 1. The molecule has 0 bridgehead atoms. The molecule has 0 spiro atoms. The van der Waals surface area contributed by atoms with E-state index in [4.69, 9.17) is 5.73 Å². The number of benzene rings is 1. The van der Waals surface area contributed by atoms with Crippen molar-refractivity contribution in [2.75, 3.05) is 0 Å². The summed E-state index contributed by atoms with van der Waals surface area (Å²) in [6.07, 6.45) is 1.74. The molecule has 3 nitrogen and oxygen atoms in total. The molecule has 2 aromatic rings. The maximum absolute atomic E-state index is 5.76. The first-order valence-corrected chi connectivity index (χ1v) is 4.62. The van der Waals surface area contributed by atoms with Crippen molar-refractivity contribution in [2.45, 2.75) is 13.0 Å². The average Bonchev–Trinajstić information content (AvgIpc) is 2.71. The van der Waals surface area contributed by atoms with Crippen LogP contribution in [0.15, 0.2) is 36.5 Å². The summed E-state index contributed by atoms with van der Waals surface area (Å²) < 4.78 is 0. The predicted molar refractivity (Wildman–Crippen MR) is 56.6 cm³/mol. The van der Waals surface area contributed by atoms with E-state index in [-0.39, 0.29) is 6.04 Å². The van der Waals surface area contributed by atoms with Crippen molar-refractivity contribution in [2.24, 2.45) is 5.73 Å². The quantitative estimate of drug-likeness (QED) is 0.756. The number of nitrogens with zero attached hydrogens (tertiary/aromatic N) is 1. The Labute approximate surface area is 83.0 Å². The largest absolute Gasteiger partial charge is 0.324 e. The van der Waals surface area contributed by atoms with Crippen molar-refractivity contribution in [3.05, 3.63) is 42.1 Å². The summed E-state index contributed by atoms with van der Waals surface area (Å²) in [6.45, 7) is 1.98. The molecule has 0 aliphatic carbocycles. The number of aromatic nitrogens is 2. The fraction of sp³-hybridized carbons (Fsp3) is 0.182. The van der Waals surface area contributed by atoms with Crippen LogP contribution in [0.1, 0.15) is 18.5 Å². The van der Waals surface area contributed by atoms with Gasteiger partial charge in [-0.25, -0.2) is 0 Å². The fourth-order valence-corrected chi connectivity index (χ4v) is 1.38. The number of H-pyrrole nitrogens is 1. The van der Waals surface area contributed by atoms with Crippen LogP contribution in [0.3, 0.4) is 0 Å². The Hall–Kier alpha value is -1.61. The summed E-state index contributed by atoms with van der Waals surface area (Å²) in [5.41, 5.74) is 9.07. The van der Waals surface area contributed by atoms with Crippen LogP contribution in [0.2, 0.25) is 0 Å². The van der Waals surface area contributed by atoms with E-state index in [0.717, 1.165) is 16.8 Å². The van der Waals surface area contributed by atoms with Gasteiger partial charge in [0.2, 0.25) is 0 Å². The standard InChI is InChI=1S/C11H13N3/c1-8(12)9-2-4-10(5-3-9)11-6-7-13-14-11/h2-8H,12H2,1H3,(H,13,14). The molecule has 2 rings (SSSR count). The van der Waals surface area contributed by atoms with Crippen molar-refractivity contribution in [3.8, 4) is 11.3 Å². The van der Waals surface area contributed by atoms with E-state index in [1.165, 1.54) is 0 Å². The SMILES string of the molecule is CC(N)c1ccc(-c2ccn[nH]2)cc1. The zero-order chi connectivity index (χ0) is 9.97. The second-order valence-electron chi connectivity index (χ2n) is 3.38. The molecule has 0 saturated heterocycles.